The molecule has 2 aromatic rings. The Labute approximate surface area is 144 Å². The minimum Gasteiger partial charge on any atom is -0.469 e. The molecule has 3 rings (SSSR count). The highest BCUT2D eigenvalue weighted by molar-refractivity contribution is 5.74. The van der Waals surface area contributed by atoms with E-state index in [1.165, 1.54) is 12.7 Å². The topological polar surface area (TPSA) is 67.0 Å². The molecule has 0 spiro atoms. The number of hydrogen-bond donors (Lipinski definition) is 0. The molecule has 0 atom stereocenters. The molecule has 0 aliphatic heterocycles. The van der Waals surface area contributed by atoms with Gasteiger partial charge in [-0.25, -0.2) is 0 Å². The van der Waals surface area contributed by atoms with Crippen LogP contribution < -0.4 is 4.74 Å². The van der Waals surface area contributed by atoms with Gasteiger partial charge in [-0.1, -0.05) is 44.2 Å². The zero-order valence-electron chi connectivity index (χ0n) is 14.9. The van der Waals surface area contributed by atoms with Crippen molar-refractivity contribution in [3.8, 4) is 11.5 Å². The summed E-state index contributed by atoms with van der Waals surface area (Å²) in [6, 6.07) is 17.8. The van der Waals surface area contributed by atoms with Crippen molar-refractivity contribution in [3.05, 3.63) is 60.2 Å². The molecule has 0 aromatic heterocycles. The maximum absolute atomic E-state index is 10.4. The maximum Gasteiger partial charge on any atom is 0.308 e. The zero-order chi connectivity index (χ0) is 17.1. The van der Waals surface area contributed by atoms with Crippen LogP contribution in [0.4, 0.5) is 0 Å². The summed E-state index contributed by atoms with van der Waals surface area (Å²) >= 11 is 0. The molecule has 2 N–H and O–H groups in total. The van der Waals surface area contributed by atoms with Gasteiger partial charge in [-0.05, 0) is 49.6 Å². The van der Waals surface area contributed by atoms with E-state index in [1.807, 2.05) is 62.4 Å². The fourth-order valence-electron chi connectivity index (χ4n) is 1.79. The number of benzene rings is 2. The van der Waals surface area contributed by atoms with Crippen LogP contribution in [0.25, 0.3) is 0 Å². The predicted molar refractivity (Wildman–Crippen MR) is 97.4 cm³/mol. The Morgan fingerprint density at radius 1 is 0.958 bits per heavy atom. The first kappa shape index (κ1) is 21.7. The molecule has 0 heterocycles. The maximum atomic E-state index is 10.4. The summed E-state index contributed by atoms with van der Waals surface area (Å²) in [5.41, 5.74) is 1.21. The van der Waals surface area contributed by atoms with E-state index in [2.05, 4.69) is 17.7 Å². The monoisotopic (exact) mass is 332 g/mol. The van der Waals surface area contributed by atoms with Crippen molar-refractivity contribution in [3.63, 3.8) is 0 Å². The molecule has 0 radical (unpaired) electrons. The molecule has 1 saturated carbocycles. The molecule has 1 aliphatic rings. The van der Waals surface area contributed by atoms with Crippen LogP contribution in [0.1, 0.15) is 32.3 Å². The number of aryl methyl sites for hydroxylation is 1. The number of ether oxygens (including phenoxy) is 2. The second-order valence-electron chi connectivity index (χ2n) is 5.03. The Kier molecular flexibility index (Phi) is 11.0. The Balaban J connectivity index is 0.000000450. The van der Waals surface area contributed by atoms with Crippen LogP contribution in [0, 0.1) is 12.8 Å². The lowest BCUT2D eigenvalue weighted by Crippen LogP contribution is -2.00. The third-order valence-electron chi connectivity index (χ3n) is 3.08. The minimum atomic E-state index is -0.0417. The fourth-order valence-corrected chi connectivity index (χ4v) is 1.79. The number of carbonyl (C=O) groups is 1. The van der Waals surface area contributed by atoms with Crippen molar-refractivity contribution in [2.75, 3.05) is 7.11 Å². The third-order valence-corrected chi connectivity index (χ3v) is 3.08. The molecule has 24 heavy (non-hydrogen) atoms. The molecule has 1 fully saturated rings. The molecule has 1 aliphatic carbocycles. The smallest absolute Gasteiger partial charge is 0.308 e. The van der Waals surface area contributed by atoms with Crippen LogP contribution in [0.15, 0.2) is 54.6 Å². The molecule has 0 saturated heterocycles. The van der Waals surface area contributed by atoms with Crippen molar-refractivity contribution < 1.29 is 19.7 Å². The first-order chi connectivity index (χ1) is 11.2. The molecular formula is C20H28O4. The molecule has 4 nitrogen and oxygen atoms in total. The first-order valence-corrected chi connectivity index (χ1v) is 8.06. The average molecular weight is 332 g/mol. The van der Waals surface area contributed by atoms with Gasteiger partial charge in [-0.15, -0.1) is 0 Å². The van der Waals surface area contributed by atoms with E-state index >= 15 is 0 Å². The third kappa shape index (κ3) is 8.34. The van der Waals surface area contributed by atoms with Gasteiger partial charge < -0.3 is 14.9 Å². The van der Waals surface area contributed by atoms with Crippen LogP contribution in [0.5, 0.6) is 11.5 Å². The number of methoxy groups -OCH3 is 1. The van der Waals surface area contributed by atoms with E-state index in [1.54, 1.807) is 0 Å². The average Bonchev–Trinajstić information content (AvgIpc) is 3.43. The van der Waals surface area contributed by atoms with Crippen LogP contribution in [0.3, 0.4) is 0 Å². The normalized spacial score (nSPS) is 11.5. The minimum absolute atomic E-state index is 0. The number of rotatable bonds is 3. The summed E-state index contributed by atoms with van der Waals surface area (Å²) in [6.07, 6.45) is 2.07. The van der Waals surface area contributed by atoms with Crippen LogP contribution in [-0.4, -0.2) is 18.6 Å². The molecule has 0 unspecified atom stereocenters. The van der Waals surface area contributed by atoms with Crippen LogP contribution >= 0.6 is 0 Å². The number of hydrogen-bond acceptors (Lipinski definition) is 3. The second kappa shape index (κ2) is 12.1. The van der Waals surface area contributed by atoms with Gasteiger partial charge in [0.15, 0.2) is 0 Å². The highest BCUT2D eigenvalue weighted by atomic mass is 16.5. The summed E-state index contributed by atoms with van der Waals surface area (Å²) in [5, 5.41) is 0. The Morgan fingerprint density at radius 3 is 2.00 bits per heavy atom. The molecule has 4 heteroatoms. The van der Waals surface area contributed by atoms with Crippen molar-refractivity contribution in [1.29, 1.82) is 0 Å². The van der Waals surface area contributed by atoms with Gasteiger partial charge in [-0.3, -0.25) is 4.79 Å². The molecular weight excluding hydrogens is 304 g/mol. The quantitative estimate of drug-likeness (QED) is 0.774. The molecule has 0 amide bonds. The largest absolute Gasteiger partial charge is 0.469 e. The fraction of sp³-hybridized carbons (Fsp3) is 0.350. The van der Waals surface area contributed by atoms with E-state index in [0.717, 1.165) is 24.3 Å². The van der Waals surface area contributed by atoms with Crippen molar-refractivity contribution in [2.24, 2.45) is 5.92 Å². The lowest BCUT2D eigenvalue weighted by molar-refractivity contribution is -0.142. The number of esters is 1. The van der Waals surface area contributed by atoms with Gasteiger partial charge in [0.05, 0.1) is 13.0 Å². The SMILES string of the molecule is CC.COC(=O)C1CC1.Cc1cccc(Oc2ccccc2)c1.O. The first-order valence-electron chi connectivity index (χ1n) is 8.06. The lowest BCUT2D eigenvalue weighted by Gasteiger charge is -2.05. The van der Waals surface area contributed by atoms with E-state index in [4.69, 9.17) is 4.74 Å². The highest BCUT2D eigenvalue weighted by Crippen LogP contribution is 2.29. The number of para-hydroxylation sites is 1. The Bertz CT molecular complexity index is 577. The summed E-state index contributed by atoms with van der Waals surface area (Å²) in [4.78, 5) is 10.4. The van der Waals surface area contributed by atoms with E-state index in [-0.39, 0.29) is 17.4 Å². The Hall–Kier alpha value is -2.33. The Morgan fingerprint density at radius 2 is 1.54 bits per heavy atom. The highest BCUT2D eigenvalue weighted by Gasteiger charge is 2.30. The standard InChI is InChI=1S/C13H12O.C5H8O2.C2H6.H2O/c1-11-6-5-9-13(10-11)14-12-7-3-2-4-8-12;1-7-5(6)4-2-3-4;1-2;/h2-10H,1H3;4H,2-3H2,1H3;1-2H3;1H2. The van der Waals surface area contributed by atoms with Gasteiger partial charge >= 0.3 is 5.97 Å². The van der Waals surface area contributed by atoms with E-state index in [0.29, 0.717) is 0 Å². The molecule has 132 valence electrons. The van der Waals surface area contributed by atoms with E-state index < -0.39 is 0 Å². The lowest BCUT2D eigenvalue weighted by atomic mass is 10.2. The second-order valence-corrected chi connectivity index (χ2v) is 5.03. The van der Waals surface area contributed by atoms with Gasteiger partial charge in [0.2, 0.25) is 0 Å². The molecule has 2 aromatic carbocycles. The molecule has 0 bridgehead atoms. The van der Waals surface area contributed by atoms with Crippen molar-refractivity contribution in [1.82, 2.24) is 0 Å². The van der Waals surface area contributed by atoms with Gasteiger partial charge in [-0.2, -0.15) is 0 Å². The van der Waals surface area contributed by atoms with Crippen molar-refractivity contribution in [2.45, 2.75) is 33.6 Å². The summed E-state index contributed by atoms with van der Waals surface area (Å²) in [6.45, 7) is 6.05. The van der Waals surface area contributed by atoms with Crippen molar-refractivity contribution >= 4 is 5.97 Å². The summed E-state index contributed by atoms with van der Waals surface area (Å²) < 4.78 is 10.1. The predicted octanol–water partition coefficient (Wildman–Crippen LogP) is 4.56. The van der Waals surface area contributed by atoms with Gasteiger partial charge in [0.1, 0.15) is 11.5 Å². The van der Waals surface area contributed by atoms with Gasteiger partial charge in [0, 0.05) is 0 Å². The zero-order valence-corrected chi connectivity index (χ0v) is 14.9. The van der Waals surface area contributed by atoms with Gasteiger partial charge in [0.25, 0.3) is 0 Å². The van der Waals surface area contributed by atoms with E-state index in [9.17, 15) is 4.79 Å². The number of carbonyl (C=O) groups excluding carboxylic acids is 1. The van der Waals surface area contributed by atoms with Crippen LogP contribution in [-0.2, 0) is 9.53 Å². The summed E-state index contributed by atoms with van der Waals surface area (Å²) in [7, 11) is 1.43. The van der Waals surface area contributed by atoms with Crippen LogP contribution in [0.2, 0.25) is 0 Å². The summed E-state index contributed by atoms with van der Waals surface area (Å²) in [5.74, 6) is 1.97.